The van der Waals surface area contributed by atoms with Crippen LogP contribution in [0.4, 0.5) is 4.79 Å². The fraction of sp³-hybridized carbons (Fsp3) is 0.444. The lowest BCUT2D eigenvalue weighted by atomic mass is 9.89. The quantitative estimate of drug-likeness (QED) is 0.630. The van der Waals surface area contributed by atoms with E-state index in [0.717, 1.165) is 11.1 Å². The third-order valence-corrected chi connectivity index (χ3v) is 3.67. The third-order valence-electron chi connectivity index (χ3n) is 3.67. The third kappa shape index (κ3) is 4.07. The van der Waals surface area contributed by atoms with Crippen LogP contribution in [0, 0.1) is 0 Å². The van der Waals surface area contributed by atoms with Crippen LogP contribution >= 0.6 is 0 Å². The maximum atomic E-state index is 12.7. The van der Waals surface area contributed by atoms with Crippen LogP contribution in [0.15, 0.2) is 29.3 Å². The maximum absolute atomic E-state index is 12.7. The van der Waals surface area contributed by atoms with Gasteiger partial charge in [-0.3, -0.25) is 14.6 Å². The molecule has 6 nitrogen and oxygen atoms in total. The molecule has 3 amide bonds. The highest BCUT2D eigenvalue weighted by Crippen LogP contribution is 2.30. The average molecular weight is 330 g/mol. The fourth-order valence-electron chi connectivity index (χ4n) is 2.57. The molecule has 1 aromatic rings. The molecule has 1 aliphatic rings. The minimum Gasteiger partial charge on any atom is -0.443 e. The Morgan fingerprint density at radius 3 is 2.46 bits per heavy atom. The molecule has 0 radical (unpaired) electrons. The van der Waals surface area contributed by atoms with Crippen molar-refractivity contribution in [3.05, 3.63) is 35.4 Å². The molecule has 1 fully saturated rings. The summed E-state index contributed by atoms with van der Waals surface area (Å²) in [6.07, 6.45) is -0.392. The number of aliphatic imine (C=N–C) groups is 1. The number of rotatable bonds is 3. The van der Waals surface area contributed by atoms with Gasteiger partial charge in [0.1, 0.15) is 5.60 Å². The van der Waals surface area contributed by atoms with Gasteiger partial charge in [0.25, 0.3) is 0 Å². The summed E-state index contributed by atoms with van der Waals surface area (Å²) in [4.78, 5) is 41.3. The number of benzene rings is 1. The maximum Gasteiger partial charge on any atom is 0.424 e. The first-order valence-electron chi connectivity index (χ1n) is 7.84. The van der Waals surface area contributed by atoms with Gasteiger partial charge in [0.15, 0.2) is 0 Å². The van der Waals surface area contributed by atoms with E-state index in [-0.39, 0.29) is 6.42 Å². The van der Waals surface area contributed by atoms with E-state index in [0.29, 0.717) is 17.9 Å². The van der Waals surface area contributed by atoms with Crippen LogP contribution in [0.5, 0.6) is 0 Å². The van der Waals surface area contributed by atoms with Crippen LogP contribution in [0.1, 0.15) is 50.7 Å². The van der Waals surface area contributed by atoms with E-state index in [9.17, 15) is 14.4 Å². The summed E-state index contributed by atoms with van der Waals surface area (Å²) in [5, 5.41) is 0. The van der Waals surface area contributed by atoms with E-state index in [4.69, 9.17) is 4.74 Å². The van der Waals surface area contributed by atoms with E-state index in [2.05, 4.69) is 11.7 Å². The topological polar surface area (TPSA) is 76.0 Å². The minimum atomic E-state index is -0.908. The van der Waals surface area contributed by atoms with Crippen molar-refractivity contribution in [2.45, 2.75) is 51.7 Å². The van der Waals surface area contributed by atoms with Crippen molar-refractivity contribution in [1.29, 1.82) is 0 Å². The lowest BCUT2D eigenvalue weighted by Crippen LogP contribution is -2.49. The lowest BCUT2D eigenvalue weighted by molar-refractivity contribution is -0.147. The van der Waals surface area contributed by atoms with Crippen molar-refractivity contribution in [3.8, 4) is 0 Å². The van der Waals surface area contributed by atoms with E-state index in [1.807, 2.05) is 24.3 Å². The fourth-order valence-corrected chi connectivity index (χ4v) is 2.57. The van der Waals surface area contributed by atoms with Crippen molar-refractivity contribution >= 4 is 24.6 Å². The summed E-state index contributed by atoms with van der Waals surface area (Å²) in [6.45, 7) is 9.01. The van der Waals surface area contributed by atoms with Crippen LogP contribution in [-0.2, 0) is 20.9 Å². The Morgan fingerprint density at radius 1 is 1.29 bits per heavy atom. The molecule has 0 N–H and O–H groups in total. The number of imide groups is 3. The molecular weight excluding hydrogens is 308 g/mol. The molecule has 0 aliphatic carbocycles. The second kappa shape index (κ2) is 6.95. The number of likely N-dealkylation sites (tertiary alicyclic amines) is 1. The standard InChI is InChI=1S/C18H22N2O4/c1-18(2,3)24-17(23)20-15(21)10-9-14(16(20)22)13-7-5-12(6-8-13)11-19-4/h5-8,14H,4,9-11H2,1-3H3. The van der Waals surface area contributed by atoms with Gasteiger partial charge in [-0.15, -0.1) is 0 Å². The normalized spacial score (nSPS) is 18.5. The average Bonchev–Trinajstić information content (AvgIpc) is 2.47. The Bertz CT molecular complexity index is 659. The molecule has 2 rings (SSSR count). The SMILES string of the molecule is C=NCc1ccc(C2CCC(=O)N(C(=O)OC(C)(C)C)C2=O)cc1. The summed E-state index contributed by atoms with van der Waals surface area (Å²) in [5.41, 5.74) is 0.982. The van der Waals surface area contributed by atoms with Gasteiger partial charge in [-0.1, -0.05) is 24.3 Å². The summed E-state index contributed by atoms with van der Waals surface area (Å²) >= 11 is 0. The monoisotopic (exact) mass is 330 g/mol. The highest BCUT2D eigenvalue weighted by atomic mass is 16.6. The molecular formula is C18H22N2O4. The summed E-state index contributed by atoms with van der Waals surface area (Å²) in [6, 6.07) is 7.38. The second-order valence-electron chi connectivity index (χ2n) is 6.76. The molecule has 1 unspecified atom stereocenters. The second-order valence-corrected chi connectivity index (χ2v) is 6.76. The molecule has 0 aromatic heterocycles. The van der Waals surface area contributed by atoms with E-state index >= 15 is 0 Å². The molecule has 0 saturated carbocycles. The number of nitrogens with zero attached hydrogens (tertiary/aromatic N) is 2. The summed E-state index contributed by atoms with van der Waals surface area (Å²) < 4.78 is 5.18. The first-order valence-corrected chi connectivity index (χ1v) is 7.84. The van der Waals surface area contributed by atoms with Gasteiger partial charge in [0.2, 0.25) is 11.8 Å². The first-order chi connectivity index (χ1) is 11.2. The molecule has 0 spiro atoms. The van der Waals surface area contributed by atoms with Crippen LogP contribution < -0.4 is 0 Å². The number of piperidine rings is 1. The Hall–Kier alpha value is -2.50. The van der Waals surface area contributed by atoms with Crippen molar-refractivity contribution in [3.63, 3.8) is 0 Å². The predicted molar refractivity (Wildman–Crippen MR) is 89.8 cm³/mol. The molecule has 24 heavy (non-hydrogen) atoms. The molecule has 1 aromatic carbocycles. The Labute approximate surface area is 141 Å². The highest BCUT2D eigenvalue weighted by molar-refractivity contribution is 6.12. The molecule has 0 bridgehead atoms. The molecule has 1 aliphatic heterocycles. The number of ether oxygens (including phenoxy) is 1. The van der Waals surface area contributed by atoms with E-state index < -0.39 is 29.4 Å². The number of hydrogen-bond acceptors (Lipinski definition) is 5. The van der Waals surface area contributed by atoms with Gasteiger partial charge in [-0.2, -0.15) is 4.90 Å². The van der Waals surface area contributed by atoms with Gasteiger partial charge < -0.3 is 4.74 Å². The van der Waals surface area contributed by atoms with Crippen LogP contribution in [0.25, 0.3) is 0 Å². The zero-order chi connectivity index (χ0) is 17.9. The Kier molecular flexibility index (Phi) is 5.17. The van der Waals surface area contributed by atoms with Crippen molar-refractivity contribution < 1.29 is 19.1 Å². The zero-order valence-electron chi connectivity index (χ0n) is 14.2. The van der Waals surface area contributed by atoms with Gasteiger partial charge in [0.05, 0.1) is 12.5 Å². The van der Waals surface area contributed by atoms with Crippen molar-refractivity contribution in [1.82, 2.24) is 4.90 Å². The molecule has 1 saturated heterocycles. The smallest absolute Gasteiger partial charge is 0.424 e. The van der Waals surface area contributed by atoms with Gasteiger partial charge >= 0.3 is 6.09 Å². The van der Waals surface area contributed by atoms with Crippen LogP contribution in [0.2, 0.25) is 0 Å². The summed E-state index contributed by atoms with van der Waals surface area (Å²) in [7, 11) is 0. The van der Waals surface area contributed by atoms with Crippen LogP contribution in [0.3, 0.4) is 0 Å². The number of carbonyl (C=O) groups excluding carboxylic acids is 3. The molecule has 6 heteroatoms. The number of amides is 3. The molecule has 1 heterocycles. The largest absolute Gasteiger partial charge is 0.443 e. The van der Waals surface area contributed by atoms with Gasteiger partial charge in [0, 0.05) is 6.42 Å². The van der Waals surface area contributed by atoms with Crippen molar-refractivity contribution in [2.75, 3.05) is 0 Å². The predicted octanol–water partition coefficient (Wildman–Crippen LogP) is 3.05. The lowest BCUT2D eigenvalue weighted by Gasteiger charge is -2.31. The Morgan fingerprint density at radius 2 is 1.92 bits per heavy atom. The van der Waals surface area contributed by atoms with Gasteiger partial charge in [-0.25, -0.2) is 4.79 Å². The minimum absolute atomic E-state index is 0.131. The van der Waals surface area contributed by atoms with Crippen LogP contribution in [-0.4, -0.2) is 35.1 Å². The van der Waals surface area contributed by atoms with Crippen molar-refractivity contribution in [2.24, 2.45) is 4.99 Å². The number of hydrogen-bond donors (Lipinski definition) is 0. The first kappa shape index (κ1) is 17.8. The number of carbonyl (C=O) groups is 3. The van der Waals surface area contributed by atoms with Gasteiger partial charge in [-0.05, 0) is 45.0 Å². The molecule has 1 atom stereocenters. The summed E-state index contributed by atoms with van der Waals surface area (Å²) in [5.74, 6) is -1.57. The molecule has 128 valence electrons. The Balaban J connectivity index is 2.21. The van der Waals surface area contributed by atoms with E-state index in [1.54, 1.807) is 20.8 Å². The highest BCUT2D eigenvalue weighted by Gasteiger charge is 2.41. The zero-order valence-corrected chi connectivity index (χ0v) is 14.2. The van der Waals surface area contributed by atoms with E-state index in [1.165, 1.54) is 0 Å².